The van der Waals surface area contributed by atoms with Crippen molar-refractivity contribution in [3.8, 4) is 0 Å². The van der Waals surface area contributed by atoms with E-state index in [1.54, 1.807) is 4.90 Å². The number of Topliss-reactive ketones (excluding diaryl/α,β-unsaturated/α-hetero) is 2. The van der Waals surface area contributed by atoms with E-state index in [2.05, 4.69) is 5.32 Å². The topological polar surface area (TPSA) is 86.8 Å². The number of benzene rings is 1. The minimum absolute atomic E-state index is 0.00168. The van der Waals surface area contributed by atoms with E-state index in [0.29, 0.717) is 26.1 Å². The number of β-lactam (4-membered cyclic amide) rings is 1. The first-order valence-electron chi connectivity index (χ1n) is 10.7. The Kier molecular flexibility index (Phi) is 6.58. The molecule has 1 aromatic carbocycles. The fourth-order valence-electron chi connectivity index (χ4n) is 4.59. The Hall–Kier alpha value is -2.70. The van der Waals surface area contributed by atoms with Gasteiger partial charge in [0, 0.05) is 25.4 Å². The summed E-state index contributed by atoms with van der Waals surface area (Å²) < 4.78 is 0. The average Bonchev–Trinajstić information content (AvgIpc) is 3.17. The number of ketones is 2. The van der Waals surface area contributed by atoms with Gasteiger partial charge in [-0.25, -0.2) is 4.79 Å². The molecule has 0 radical (unpaired) electrons. The molecule has 3 rings (SSSR count). The van der Waals surface area contributed by atoms with Gasteiger partial charge in [0.2, 0.25) is 0 Å². The molecule has 2 heterocycles. The van der Waals surface area contributed by atoms with Gasteiger partial charge in [-0.3, -0.25) is 14.4 Å². The second-order valence-electron chi connectivity index (χ2n) is 8.80. The van der Waals surface area contributed by atoms with Gasteiger partial charge in [0.05, 0.1) is 13.1 Å². The summed E-state index contributed by atoms with van der Waals surface area (Å²) >= 11 is 0. The highest BCUT2D eigenvalue weighted by Crippen LogP contribution is 2.39. The number of rotatable bonds is 8. The number of urea groups is 1. The van der Waals surface area contributed by atoms with Gasteiger partial charge in [0.15, 0.2) is 5.78 Å². The maximum absolute atomic E-state index is 12.9. The number of hydrogen-bond acceptors (Lipinski definition) is 4. The van der Waals surface area contributed by atoms with Crippen molar-refractivity contribution in [3.63, 3.8) is 0 Å². The van der Waals surface area contributed by atoms with E-state index in [1.807, 2.05) is 44.2 Å². The van der Waals surface area contributed by atoms with Crippen LogP contribution < -0.4 is 5.32 Å². The lowest BCUT2D eigenvalue weighted by Gasteiger charge is -2.50. The van der Waals surface area contributed by atoms with Crippen LogP contribution in [0.15, 0.2) is 30.3 Å². The fourth-order valence-corrected chi connectivity index (χ4v) is 4.59. The Balaban J connectivity index is 1.56. The molecule has 2 aliphatic rings. The van der Waals surface area contributed by atoms with Crippen LogP contribution in [-0.4, -0.2) is 58.5 Å². The normalized spacial score (nSPS) is 21.7. The number of nitrogens with one attached hydrogen (secondary N) is 1. The second kappa shape index (κ2) is 8.98. The van der Waals surface area contributed by atoms with Crippen LogP contribution in [0.2, 0.25) is 0 Å². The lowest BCUT2D eigenvalue weighted by Crippen LogP contribution is -2.74. The van der Waals surface area contributed by atoms with Crippen molar-refractivity contribution in [1.82, 2.24) is 15.1 Å². The van der Waals surface area contributed by atoms with Crippen molar-refractivity contribution < 1.29 is 19.2 Å². The van der Waals surface area contributed by atoms with Gasteiger partial charge in [-0.1, -0.05) is 44.2 Å². The van der Waals surface area contributed by atoms with Crippen LogP contribution in [0.3, 0.4) is 0 Å². The lowest BCUT2D eigenvalue weighted by molar-refractivity contribution is -0.160. The van der Waals surface area contributed by atoms with E-state index in [4.69, 9.17) is 0 Å². The van der Waals surface area contributed by atoms with E-state index >= 15 is 0 Å². The number of amides is 3. The molecular weight excluding hydrogens is 382 g/mol. The Labute approximate surface area is 177 Å². The van der Waals surface area contributed by atoms with Crippen molar-refractivity contribution in [2.45, 2.75) is 52.1 Å². The van der Waals surface area contributed by atoms with E-state index in [0.717, 1.165) is 12.0 Å². The van der Waals surface area contributed by atoms with Crippen LogP contribution in [0.5, 0.6) is 0 Å². The van der Waals surface area contributed by atoms with Gasteiger partial charge in [-0.2, -0.15) is 0 Å². The summed E-state index contributed by atoms with van der Waals surface area (Å²) in [6.07, 6.45) is 1.55. The predicted octanol–water partition coefficient (Wildman–Crippen LogP) is 2.39. The van der Waals surface area contributed by atoms with Crippen LogP contribution in [0, 0.1) is 11.8 Å². The molecular formula is C23H31N3O4. The molecule has 7 nitrogen and oxygen atoms in total. The van der Waals surface area contributed by atoms with Gasteiger partial charge >= 0.3 is 6.03 Å². The Morgan fingerprint density at radius 3 is 2.47 bits per heavy atom. The highest BCUT2D eigenvalue weighted by molar-refractivity contribution is 5.99. The fraction of sp³-hybridized carbons (Fsp3) is 0.565. The van der Waals surface area contributed by atoms with Crippen LogP contribution in [0.25, 0.3) is 0 Å². The standard InChI is InChI=1S/C23H31N3O4/c1-16(2)20(17(3)27)12-19(28)14-25-15-23(21(25)29)10-7-11-26(23)22(30)24-13-18-8-5-4-6-9-18/h4-6,8-9,16,20H,7,10-15H2,1-3H3,(H,24,30). The molecule has 0 saturated carbocycles. The zero-order valence-electron chi connectivity index (χ0n) is 18.0. The maximum atomic E-state index is 12.9. The molecule has 3 amide bonds. The summed E-state index contributed by atoms with van der Waals surface area (Å²) in [6, 6.07) is 9.38. The minimum Gasteiger partial charge on any atom is -0.334 e. The maximum Gasteiger partial charge on any atom is 0.318 e. The molecule has 2 unspecified atom stereocenters. The number of hydrogen-bond donors (Lipinski definition) is 1. The third kappa shape index (κ3) is 4.40. The molecule has 0 bridgehead atoms. The average molecular weight is 414 g/mol. The summed E-state index contributed by atoms with van der Waals surface area (Å²) in [5, 5.41) is 2.90. The van der Waals surface area contributed by atoms with Gasteiger partial charge in [0.1, 0.15) is 11.3 Å². The first-order valence-corrected chi connectivity index (χ1v) is 10.7. The molecule has 7 heteroatoms. The Morgan fingerprint density at radius 1 is 1.17 bits per heavy atom. The molecule has 0 aliphatic carbocycles. The summed E-state index contributed by atoms with van der Waals surface area (Å²) in [5.74, 6) is -0.489. The number of carbonyl (C=O) groups excluding carboxylic acids is 4. The third-order valence-corrected chi connectivity index (χ3v) is 6.30. The highest BCUT2D eigenvalue weighted by atomic mass is 16.2. The van der Waals surface area contributed by atoms with Crippen LogP contribution in [0.1, 0.15) is 45.6 Å². The molecule has 162 valence electrons. The Bertz CT molecular complexity index is 823. The van der Waals surface area contributed by atoms with E-state index < -0.39 is 5.54 Å². The van der Waals surface area contributed by atoms with Crippen LogP contribution in [0.4, 0.5) is 4.79 Å². The molecule has 30 heavy (non-hydrogen) atoms. The largest absolute Gasteiger partial charge is 0.334 e. The first kappa shape index (κ1) is 22.0. The van der Waals surface area contributed by atoms with Crippen molar-refractivity contribution >= 4 is 23.5 Å². The van der Waals surface area contributed by atoms with Crippen molar-refractivity contribution in [2.75, 3.05) is 19.6 Å². The third-order valence-electron chi connectivity index (χ3n) is 6.30. The zero-order valence-corrected chi connectivity index (χ0v) is 18.0. The molecule has 2 fully saturated rings. The smallest absolute Gasteiger partial charge is 0.318 e. The highest BCUT2D eigenvalue weighted by Gasteiger charge is 2.59. The number of likely N-dealkylation sites (tertiary alicyclic amines) is 2. The van der Waals surface area contributed by atoms with E-state index in [1.165, 1.54) is 11.8 Å². The van der Waals surface area contributed by atoms with Crippen molar-refractivity contribution in [2.24, 2.45) is 11.8 Å². The molecule has 1 N–H and O–H groups in total. The first-order chi connectivity index (χ1) is 14.2. The van der Waals surface area contributed by atoms with Crippen LogP contribution >= 0.6 is 0 Å². The van der Waals surface area contributed by atoms with Gasteiger partial charge in [-0.15, -0.1) is 0 Å². The van der Waals surface area contributed by atoms with E-state index in [9.17, 15) is 19.2 Å². The van der Waals surface area contributed by atoms with Gasteiger partial charge in [-0.05, 0) is 31.2 Å². The van der Waals surface area contributed by atoms with Gasteiger partial charge in [0.25, 0.3) is 5.91 Å². The molecule has 2 atom stereocenters. The monoisotopic (exact) mass is 413 g/mol. The molecule has 0 aromatic heterocycles. The lowest BCUT2D eigenvalue weighted by atomic mass is 9.84. The quantitative estimate of drug-likeness (QED) is 0.663. The number of nitrogens with zero attached hydrogens (tertiary/aromatic N) is 2. The summed E-state index contributed by atoms with van der Waals surface area (Å²) in [6.45, 7) is 6.69. The zero-order chi connectivity index (χ0) is 21.9. The number of carbonyl (C=O) groups is 4. The summed E-state index contributed by atoms with van der Waals surface area (Å²) in [5.41, 5.74) is 0.176. The SMILES string of the molecule is CC(=O)C(CC(=O)CN1CC2(CCCN2C(=O)NCc2ccccc2)C1=O)C(C)C. The Morgan fingerprint density at radius 2 is 1.87 bits per heavy atom. The van der Waals surface area contributed by atoms with Gasteiger partial charge < -0.3 is 15.1 Å². The molecule has 2 aliphatic heterocycles. The van der Waals surface area contributed by atoms with Crippen molar-refractivity contribution in [3.05, 3.63) is 35.9 Å². The summed E-state index contributed by atoms with van der Waals surface area (Å²) in [4.78, 5) is 53.0. The van der Waals surface area contributed by atoms with Crippen LogP contribution in [-0.2, 0) is 20.9 Å². The second-order valence-corrected chi connectivity index (χ2v) is 8.80. The van der Waals surface area contributed by atoms with Crippen molar-refractivity contribution in [1.29, 1.82) is 0 Å². The van der Waals surface area contributed by atoms with E-state index in [-0.39, 0.29) is 48.3 Å². The molecule has 1 aromatic rings. The molecule has 2 saturated heterocycles. The molecule has 1 spiro atoms. The predicted molar refractivity (Wildman–Crippen MR) is 113 cm³/mol. The summed E-state index contributed by atoms with van der Waals surface area (Å²) in [7, 11) is 0. The minimum atomic E-state index is -0.820.